The van der Waals surface area contributed by atoms with E-state index in [-0.39, 0.29) is 0 Å². The van der Waals surface area contributed by atoms with Gasteiger partial charge in [-0.3, -0.25) is 0 Å². The largest absolute Gasteiger partial charge is 0.310 e. The molecule has 3 heteroatoms. The van der Waals surface area contributed by atoms with E-state index in [1.54, 1.807) is 0 Å². The van der Waals surface area contributed by atoms with Gasteiger partial charge in [0, 0.05) is 48.6 Å². The maximum absolute atomic E-state index is 2.48. The Bertz CT molecular complexity index is 3570. The summed E-state index contributed by atoms with van der Waals surface area (Å²) < 4.78 is 2.53. The summed E-state index contributed by atoms with van der Waals surface area (Å²) in [5.74, 6) is 0. The molecule has 0 atom stereocenters. The molecule has 11 aromatic carbocycles. The van der Waals surface area contributed by atoms with Crippen LogP contribution in [0.4, 0.5) is 34.1 Å². The maximum Gasteiger partial charge on any atom is 0.0554 e. The summed E-state index contributed by atoms with van der Waals surface area (Å²) >= 11 is 1.85. The quantitative estimate of drug-likeness (QED) is 0.135. The molecule has 1 aromatic heterocycles. The second-order valence-electron chi connectivity index (χ2n) is 16.9. The molecule has 1 heterocycles. The monoisotopic (exact) mass is 872 g/mol. The summed E-state index contributed by atoms with van der Waals surface area (Å²) in [6.45, 7) is 0. The van der Waals surface area contributed by atoms with E-state index >= 15 is 0 Å². The van der Waals surface area contributed by atoms with Crippen LogP contribution in [0.25, 0.3) is 75.5 Å². The number of anilines is 6. The average molecular weight is 873 g/mol. The zero-order chi connectivity index (χ0) is 44.5. The van der Waals surface area contributed by atoms with Crippen molar-refractivity contribution in [3.8, 4) is 44.5 Å². The van der Waals surface area contributed by atoms with Crippen LogP contribution in [0, 0.1) is 0 Å². The Kier molecular flexibility index (Phi) is 10.4. The van der Waals surface area contributed by atoms with Gasteiger partial charge in [0.15, 0.2) is 0 Å². The van der Waals surface area contributed by atoms with E-state index in [1.165, 1.54) is 69.9 Å². The number of fused-ring (bicyclic) bond motifs is 4. The van der Waals surface area contributed by atoms with Gasteiger partial charge in [0.1, 0.15) is 0 Å². The molecule has 0 N–H and O–H groups in total. The number of hydrogen-bond acceptors (Lipinski definition) is 3. The minimum Gasteiger partial charge on any atom is -0.310 e. The molecule has 0 amide bonds. The second-order valence-corrected chi connectivity index (χ2v) is 18.0. The van der Waals surface area contributed by atoms with Crippen molar-refractivity contribution in [1.29, 1.82) is 0 Å². The molecule has 0 fully saturated rings. The minimum atomic E-state index is 1.05. The molecule has 0 aliphatic rings. The van der Waals surface area contributed by atoms with Crippen molar-refractivity contribution in [3.63, 3.8) is 0 Å². The Morgan fingerprint density at radius 3 is 1.24 bits per heavy atom. The number of benzene rings is 11. The van der Waals surface area contributed by atoms with Crippen LogP contribution in [0.3, 0.4) is 0 Å². The third kappa shape index (κ3) is 7.72. The van der Waals surface area contributed by atoms with Crippen molar-refractivity contribution in [1.82, 2.24) is 0 Å². The molecule has 0 saturated heterocycles. The van der Waals surface area contributed by atoms with Gasteiger partial charge in [-0.1, -0.05) is 194 Å². The summed E-state index contributed by atoms with van der Waals surface area (Å²) in [4.78, 5) is 4.89. The van der Waals surface area contributed by atoms with Crippen LogP contribution >= 0.6 is 11.3 Å². The SMILES string of the molecule is c1ccc(-c2ccc(N(c3ccc(-c4ccccc4)cc3)c3cc(-c4cccc5ccccc45)cc(N(c4ccc(-c5ccccc5)cc4)c4cccc5sc6ccccc6c45)c3)cc2)cc1. The van der Waals surface area contributed by atoms with Gasteiger partial charge in [0.2, 0.25) is 0 Å². The highest BCUT2D eigenvalue weighted by Gasteiger charge is 2.23. The highest BCUT2D eigenvalue weighted by molar-refractivity contribution is 7.26. The zero-order valence-electron chi connectivity index (χ0n) is 36.7. The highest BCUT2D eigenvalue weighted by atomic mass is 32.1. The average Bonchev–Trinajstić information content (AvgIpc) is 3.80. The van der Waals surface area contributed by atoms with Gasteiger partial charge in [0.05, 0.1) is 5.69 Å². The van der Waals surface area contributed by atoms with Crippen molar-refractivity contribution < 1.29 is 0 Å². The molecule has 0 unspecified atom stereocenters. The predicted octanol–water partition coefficient (Wildman–Crippen LogP) is 18.8. The fourth-order valence-electron chi connectivity index (χ4n) is 9.60. The standard InChI is InChI=1S/C64H44N2S/c1-4-16-45(17-5-1)48-30-36-53(37-31-48)65(54-38-32-49(33-39-54)46-18-6-2-7-19-46)56-42-52(59-26-14-23-51-22-10-11-24-58(51)59)43-57(44-56)66(55-40-34-50(35-41-55)47-20-8-3-9-21-47)61-27-15-29-63-64(61)60-25-12-13-28-62(60)67-63/h1-44H. The van der Waals surface area contributed by atoms with Crippen LogP contribution in [0.1, 0.15) is 0 Å². The van der Waals surface area contributed by atoms with Gasteiger partial charge < -0.3 is 9.80 Å². The minimum absolute atomic E-state index is 1.05. The predicted molar refractivity (Wildman–Crippen MR) is 288 cm³/mol. The first kappa shape index (κ1) is 40.0. The zero-order valence-corrected chi connectivity index (χ0v) is 37.5. The van der Waals surface area contributed by atoms with Crippen LogP contribution in [-0.2, 0) is 0 Å². The van der Waals surface area contributed by atoms with Gasteiger partial charge in [0.25, 0.3) is 0 Å². The smallest absolute Gasteiger partial charge is 0.0554 e. The van der Waals surface area contributed by atoms with E-state index in [2.05, 4.69) is 277 Å². The van der Waals surface area contributed by atoms with Gasteiger partial charge in [-0.15, -0.1) is 11.3 Å². The Balaban J connectivity index is 1.12. The highest BCUT2D eigenvalue weighted by Crippen LogP contribution is 2.48. The van der Waals surface area contributed by atoms with Crippen molar-refractivity contribution in [3.05, 3.63) is 267 Å². The fraction of sp³-hybridized carbons (Fsp3) is 0. The first-order valence-electron chi connectivity index (χ1n) is 22.8. The summed E-state index contributed by atoms with van der Waals surface area (Å²) in [5.41, 5.74) is 15.9. The molecule has 12 rings (SSSR count). The molecular weight excluding hydrogens is 829 g/mol. The Morgan fingerprint density at radius 2 is 0.672 bits per heavy atom. The normalized spacial score (nSPS) is 11.3. The second kappa shape index (κ2) is 17.5. The number of thiophene rings is 1. The van der Waals surface area contributed by atoms with E-state index < -0.39 is 0 Å². The van der Waals surface area contributed by atoms with Gasteiger partial charge in [-0.05, 0) is 128 Å². The maximum atomic E-state index is 2.48. The lowest BCUT2D eigenvalue weighted by Gasteiger charge is -2.31. The first-order valence-corrected chi connectivity index (χ1v) is 23.6. The van der Waals surface area contributed by atoms with Crippen molar-refractivity contribution in [2.75, 3.05) is 9.80 Å². The number of rotatable bonds is 10. The lowest BCUT2D eigenvalue weighted by molar-refractivity contribution is 1.26. The van der Waals surface area contributed by atoms with Crippen molar-refractivity contribution >= 4 is 76.4 Å². The Hall–Kier alpha value is -8.50. The summed E-state index contributed by atoms with van der Waals surface area (Å²) in [6.07, 6.45) is 0. The van der Waals surface area contributed by atoms with Crippen molar-refractivity contribution in [2.24, 2.45) is 0 Å². The van der Waals surface area contributed by atoms with Crippen LogP contribution in [0.15, 0.2) is 267 Å². The third-order valence-corrected chi connectivity index (χ3v) is 14.0. The molecule has 67 heavy (non-hydrogen) atoms. The van der Waals surface area contributed by atoms with E-state index in [1.807, 2.05) is 11.3 Å². The summed E-state index contributed by atoms with van der Waals surface area (Å²) in [7, 11) is 0. The molecular formula is C64H44N2S. The molecule has 12 aromatic rings. The van der Waals surface area contributed by atoms with Gasteiger partial charge >= 0.3 is 0 Å². The molecule has 0 aliphatic heterocycles. The number of hydrogen-bond donors (Lipinski definition) is 0. The Labute approximate surface area is 395 Å². The topological polar surface area (TPSA) is 6.48 Å². The van der Waals surface area contributed by atoms with E-state index in [0.29, 0.717) is 0 Å². The Morgan fingerprint density at radius 1 is 0.254 bits per heavy atom. The molecule has 0 saturated carbocycles. The summed E-state index contributed by atoms with van der Waals surface area (Å²) in [6, 6.07) is 97.1. The van der Waals surface area contributed by atoms with Crippen molar-refractivity contribution in [2.45, 2.75) is 0 Å². The molecule has 2 nitrogen and oxygen atoms in total. The third-order valence-electron chi connectivity index (χ3n) is 12.8. The van der Waals surface area contributed by atoms with Crippen LogP contribution in [0.5, 0.6) is 0 Å². The summed E-state index contributed by atoms with van der Waals surface area (Å²) in [5, 5.41) is 4.92. The molecule has 316 valence electrons. The molecule has 0 radical (unpaired) electrons. The van der Waals surface area contributed by atoms with E-state index in [9.17, 15) is 0 Å². The molecule has 0 aliphatic carbocycles. The lowest BCUT2D eigenvalue weighted by atomic mass is 9.96. The number of nitrogens with zero attached hydrogens (tertiary/aromatic N) is 2. The lowest BCUT2D eigenvalue weighted by Crippen LogP contribution is -2.14. The van der Waals surface area contributed by atoms with Gasteiger partial charge in [-0.25, -0.2) is 0 Å². The molecule has 0 spiro atoms. The van der Waals surface area contributed by atoms with E-state index in [0.717, 1.165) is 39.7 Å². The van der Waals surface area contributed by atoms with Crippen LogP contribution < -0.4 is 9.80 Å². The van der Waals surface area contributed by atoms with Gasteiger partial charge in [-0.2, -0.15) is 0 Å². The first-order chi connectivity index (χ1) is 33.2. The van der Waals surface area contributed by atoms with E-state index in [4.69, 9.17) is 0 Å². The molecule has 0 bridgehead atoms. The van der Waals surface area contributed by atoms with Crippen LogP contribution in [0.2, 0.25) is 0 Å². The fourth-order valence-corrected chi connectivity index (χ4v) is 10.7. The van der Waals surface area contributed by atoms with Crippen LogP contribution in [-0.4, -0.2) is 0 Å².